The second-order valence-corrected chi connectivity index (χ2v) is 10.9. The molecule has 0 aromatic heterocycles. The largest absolute Gasteiger partial charge is 0.414 e. The molecule has 0 radical (unpaired) electrons. The van der Waals surface area contributed by atoms with E-state index in [2.05, 4.69) is 32.6 Å². The van der Waals surface area contributed by atoms with Crippen molar-refractivity contribution in [1.29, 1.82) is 5.26 Å². The van der Waals surface area contributed by atoms with Crippen molar-refractivity contribution in [2.24, 2.45) is 0 Å². The summed E-state index contributed by atoms with van der Waals surface area (Å²) < 4.78 is 6.05. The summed E-state index contributed by atoms with van der Waals surface area (Å²) in [6.45, 7) is 8.86. The second-order valence-electron chi connectivity index (χ2n) is 6.48. The molecule has 0 aromatic carbocycles. The lowest BCUT2D eigenvalue weighted by atomic mass is 10.0. The van der Waals surface area contributed by atoms with Crippen molar-refractivity contribution in [3.8, 4) is 6.07 Å². The number of unbranched alkanes of at least 4 members (excludes halogenated alkanes) is 7. The van der Waals surface area contributed by atoms with E-state index in [9.17, 15) is 0 Å². The monoisotopic (exact) mass is 283 g/mol. The molecule has 2 nitrogen and oxygen atoms in total. The minimum Gasteiger partial charge on any atom is -0.414 e. The minimum absolute atomic E-state index is 0.178. The summed E-state index contributed by atoms with van der Waals surface area (Å²) >= 11 is 0. The molecule has 0 heterocycles. The minimum atomic E-state index is -1.50. The van der Waals surface area contributed by atoms with Crippen LogP contribution in [0.15, 0.2) is 0 Å². The van der Waals surface area contributed by atoms with Gasteiger partial charge in [0.05, 0.1) is 18.6 Å². The van der Waals surface area contributed by atoms with E-state index >= 15 is 0 Å². The summed E-state index contributed by atoms with van der Waals surface area (Å²) in [5.41, 5.74) is 0. The Morgan fingerprint density at radius 2 is 1.47 bits per heavy atom. The van der Waals surface area contributed by atoms with Crippen LogP contribution in [-0.4, -0.2) is 14.4 Å². The van der Waals surface area contributed by atoms with E-state index in [-0.39, 0.29) is 6.10 Å². The Morgan fingerprint density at radius 1 is 0.947 bits per heavy atom. The maximum absolute atomic E-state index is 8.84. The van der Waals surface area contributed by atoms with Crippen LogP contribution in [0.1, 0.15) is 71.1 Å². The SMILES string of the molecule is CCCCCCCCCCC(CC#N)O[Si](C)(C)C. The lowest BCUT2D eigenvalue weighted by Gasteiger charge is -2.24. The quantitative estimate of drug-likeness (QED) is 0.342. The number of rotatable bonds is 12. The summed E-state index contributed by atoms with van der Waals surface area (Å²) in [6, 6.07) is 2.26. The van der Waals surface area contributed by atoms with Gasteiger partial charge < -0.3 is 4.43 Å². The normalized spacial score (nSPS) is 13.2. The van der Waals surface area contributed by atoms with Gasteiger partial charge in [-0.05, 0) is 26.1 Å². The van der Waals surface area contributed by atoms with Gasteiger partial charge in [-0.15, -0.1) is 0 Å². The van der Waals surface area contributed by atoms with Gasteiger partial charge >= 0.3 is 0 Å². The van der Waals surface area contributed by atoms with Gasteiger partial charge in [0.2, 0.25) is 0 Å². The molecule has 0 aliphatic heterocycles. The molecule has 0 bridgehead atoms. The molecular formula is C16H33NOSi. The zero-order chi connectivity index (χ0) is 14.6. The lowest BCUT2D eigenvalue weighted by molar-refractivity contribution is 0.184. The Balaban J connectivity index is 3.57. The van der Waals surface area contributed by atoms with E-state index in [0.29, 0.717) is 6.42 Å². The van der Waals surface area contributed by atoms with Crippen LogP contribution < -0.4 is 0 Å². The first-order valence-electron chi connectivity index (χ1n) is 8.04. The topological polar surface area (TPSA) is 33.0 Å². The van der Waals surface area contributed by atoms with Crippen molar-refractivity contribution in [2.45, 2.75) is 96.9 Å². The van der Waals surface area contributed by atoms with Crippen LogP contribution in [0, 0.1) is 11.3 Å². The first-order valence-corrected chi connectivity index (χ1v) is 11.4. The number of nitrogens with zero attached hydrogens (tertiary/aromatic N) is 1. The maximum Gasteiger partial charge on any atom is 0.184 e. The average Bonchev–Trinajstić information content (AvgIpc) is 2.31. The number of nitriles is 1. The fourth-order valence-corrected chi connectivity index (χ4v) is 3.51. The van der Waals surface area contributed by atoms with Gasteiger partial charge in [0, 0.05) is 0 Å². The van der Waals surface area contributed by atoms with Gasteiger partial charge in [0.25, 0.3) is 0 Å². The van der Waals surface area contributed by atoms with Crippen LogP contribution in [0.2, 0.25) is 19.6 Å². The highest BCUT2D eigenvalue weighted by Gasteiger charge is 2.20. The van der Waals surface area contributed by atoms with Crippen molar-refractivity contribution < 1.29 is 4.43 Å². The fraction of sp³-hybridized carbons (Fsp3) is 0.938. The molecular weight excluding hydrogens is 250 g/mol. The molecule has 0 aromatic rings. The molecule has 0 amide bonds. The van der Waals surface area contributed by atoms with E-state index in [4.69, 9.17) is 9.69 Å². The van der Waals surface area contributed by atoms with Crippen LogP contribution in [0.5, 0.6) is 0 Å². The van der Waals surface area contributed by atoms with E-state index in [0.717, 1.165) is 6.42 Å². The molecule has 0 aliphatic rings. The number of hydrogen-bond acceptors (Lipinski definition) is 2. The highest BCUT2D eigenvalue weighted by molar-refractivity contribution is 6.69. The van der Waals surface area contributed by atoms with E-state index in [1.807, 2.05) is 0 Å². The summed E-state index contributed by atoms with van der Waals surface area (Å²) in [6.07, 6.45) is 12.5. The van der Waals surface area contributed by atoms with Crippen molar-refractivity contribution in [1.82, 2.24) is 0 Å². The molecule has 19 heavy (non-hydrogen) atoms. The molecule has 0 fully saturated rings. The molecule has 0 rings (SSSR count). The van der Waals surface area contributed by atoms with Crippen molar-refractivity contribution in [3.05, 3.63) is 0 Å². The zero-order valence-electron chi connectivity index (χ0n) is 13.5. The van der Waals surface area contributed by atoms with Crippen molar-refractivity contribution in [3.63, 3.8) is 0 Å². The van der Waals surface area contributed by atoms with Crippen LogP contribution in [0.4, 0.5) is 0 Å². The predicted octanol–water partition coefficient (Wildman–Crippen LogP) is 5.65. The fourth-order valence-electron chi connectivity index (χ4n) is 2.31. The van der Waals surface area contributed by atoms with E-state index in [1.165, 1.54) is 51.4 Å². The van der Waals surface area contributed by atoms with Gasteiger partial charge in [-0.1, -0.05) is 58.3 Å². The summed E-state index contributed by atoms with van der Waals surface area (Å²) in [4.78, 5) is 0. The third-order valence-electron chi connectivity index (χ3n) is 3.22. The van der Waals surface area contributed by atoms with E-state index < -0.39 is 8.32 Å². The molecule has 3 heteroatoms. The van der Waals surface area contributed by atoms with Gasteiger partial charge in [-0.25, -0.2) is 0 Å². The Hall–Kier alpha value is -0.333. The summed E-state index contributed by atoms with van der Waals surface area (Å²) in [7, 11) is -1.50. The third-order valence-corrected chi connectivity index (χ3v) is 4.26. The lowest BCUT2D eigenvalue weighted by Crippen LogP contribution is -2.31. The third kappa shape index (κ3) is 13.9. The van der Waals surface area contributed by atoms with Crippen LogP contribution >= 0.6 is 0 Å². The Morgan fingerprint density at radius 3 is 1.95 bits per heavy atom. The van der Waals surface area contributed by atoms with Crippen molar-refractivity contribution >= 4 is 8.32 Å². The Bertz CT molecular complexity index is 242. The first kappa shape index (κ1) is 18.7. The molecule has 1 unspecified atom stereocenters. The average molecular weight is 284 g/mol. The molecule has 0 aliphatic carbocycles. The van der Waals surface area contributed by atoms with Gasteiger partial charge in [-0.3, -0.25) is 0 Å². The predicted molar refractivity (Wildman–Crippen MR) is 85.7 cm³/mol. The van der Waals surface area contributed by atoms with Gasteiger partial charge in [-0.2, -0.15) is 5.26 Å². The maximum atomic E-state index is 8.84. The number of hydrogen-bond donors (Lipinski definition) is 0. The molecule has 0 saturated carbocycles. The zero-order valence-corrected chi connectivity index (χ0v) is 14.5. The van der Waals surface area contributed by atoms with Crippen LogP contribution in [-0.2, 0) is 4.43 Å². The molecule has 0 saturated heterocycles. The molecule has 1 atom stereocenters. The summed E-state index contributed by atoms with van der Waals surface area (Å²) in [5.74, 6) is 0. The van der Waals surface area contributed by atoms with Crippen molar-refractivity contribution in [2.75, 3.05) is 0 Å². The van der Waals surface area contributed by atoms with Gasteiger partial charge in [0.1, 0.15) is 0 Å². The first-order chi connectivity index (χ1) is 8.99. The standard InChI is InChI=1S/C16H33NOSi/c1-5-6-7-8-9-10-11-12-13-16(14-15-17)18-19(2,3)4/h16H,5-14H2,1-4H3. The highest BCUT2D eigenvalue weighted by atomic mass is 28.4. The van der Waals surface area contributed by atoms with Gasteiger partial charge in [0.15, 0.2) is 8.32 Å². The summed E-state index contributed by atoms with van der Waals surface area (Å²) in [5, 5.41) is 8.84. The second kappa shape index (κ2) is 11.5. The molecule has 0 N–H and O–H groups in total. The Kier molecular flexibility index (Phi) is 11.3. The van der Waals surface area contributed by atoms with Crippen LogP contribution in [0.3, 0.4) is 0 Å². The van der Waals surface area contributed by atoms with E-state index in [1.54, 1.807) is 0 Å². The molecule has 0 spiro atoms. The highest BCUT2D eigenvalue weighted by Crippen LogP contribution is 2.17. The molecule has 112 valence electrons. The Labute approximate surface area is 121 Å². The van der Waals surface area contributed by atoms with Crippen LogP contribution in [0.25, 0.3) is 0 Å². The smallest absolute Gasteiger partial charge is 0.184 e.